The highest BCUT2D eigenvalue weighted by Gasteiger charge is 2.16. The van der Waals surface area contributed by atoms with E-state index in [0.717, 1.165) is 10.8 Å². The largest absolute Gasteiger partial charge is 0.374 e. The van der Waals surface area contributed by atoms with Gasteiger partial charge in [-0.05, 0) is 39.0 Å². The van der Waals surface area contributed by atoms with E-state index in [-0.39, 0.29) is 11.2 Å². The first-order chi connectivity index (χ1) is 9.65. The average molecular weight is 312 g/mol. The molecule has 1 amide bonds. The number of thioether (sulfide) groups is 1. The Kier molecular flexibility index (Phi) is 5.85. The van der Waals surface area contributed by atoms with Crippen molar-refractivity contribution < 1.29 is 4.79 Å². The van der Waals surface area contributed by atoms with E-state index in [0.29, 0.717) is 11.7 Å². The van der Waals surface area contributed by atoms with Gasteiger partial charge in [-0.1, -0.05) is 34.7 Å². The maximum Gasteiger partial charge on any atom is 0.233 e. The Morgan fingerprint density at radius 2 is 2.40 bits per heavy atom. The van der Waals surface area contributed by atoms with Crippen LogP contribution in [0, 0.1) is 0 Å². The SMILES string of the molecule is C[C@H](Sc1nnc(N)s1)C(=O)NCCC1=CCCCC1. The van der Waals surface area contributed by atoms with Crippen LogP contribution in [0.15, 0.2) is 16.0 Å². The summed E-state index contributed by atoms with van der Waals surface area (Å²) in [6.07, 6.45) is 8.24. The van der Waals surface area contributed by atoms with E-state index < -0.39 is 0 Å². The topological polar surface area (TPSA) is 80.9 Å². The Morgan fingerprint density at radius 1 is 1.55 bits per heavy atom. The minimum Gasteiger partial charge on any atom is -0.374 e. The van der Waals surface area contributed by atoms with Crippen LogP contribution in [0.1, 0.15) is 39.0 Å². The Balaban J connectivity index is 1.69. The van der Waals surface area contributed by atoms with Gasteiger partial charge in [0.2, 0.25) is 11.0 Å². The molecule has 0 bridgehead atoms. The number of nitrogens with zero attached hydrogens (tertiary/aromatic N) is 2. The minimum absolute atomic E-state index is 0.0418. The molecule has 1 aromatic heterocycles. The van der Waals surface area contributed by atoms with E-state index in [4.69, 9.17) is 5.73 Å². The van der Waals surface area contributed by atoms with Crippen molar-refractivity contribution in [2.45, 2.75) is 48.6 Å². The summed E-state index contributed by atoms with van der Waals surface area (Å²) in [6, 6.07) is 0. The molecule has 110 valence electrons. The van der Waals surface area contributed by atoms with Crippen molar-refractivity contribution in [3.63, 3.8) is 0 Å². The lowest BCUT2D eigenvalue weighted by atomic mass is 9.97. The highest BCUT2D eigenvalue weighted by atomic mass is 32.2. The molecule has 1 aromatic rings. The van der Waals surface area contributed by atoms with Gasteiger partial charge in [-0.3, -0.25) is 4.79 Å². The normalized spacial score (nSPS) is 16.6. The number of amides is 1. The maximum absolute atomic E-state index is 12.0. The van der Waals surface area contributed by atoms with Gasteiger partial charge in [-0.2, -0.15) is 0 Å². The molecule has 0 radical (unpaired) electrons. The Hall–Kier alpha value is -1.08. The van der Waals surface area contributed by atoms with Crippen molar-refractivity contribution in [2.24, 2.45) is 0 Å². The lowest BCUT2D eigenvalue weighted by molar-refractivity contribution is -0.120. The molecule has 0 saturated carbocycles. The van der Waals surface area contributed by atoms with Gasteiger partial charge in [-0.25, -0.2) is 0 Å². The third-order valence-electron chi connectivity index (χ3n) is 3.20. The number of carbonyl (C=O) groups is 1. The van der Waals surface area contributed by atoms with E-state index >= 15 is 0 Å². The summed E-state index contributed by atoms with van der Waals surface area (Å²) in [5, 5.41) is 10.9. The second-order valence-corrected chi connectivity index (χ2v) is 7.41. The van der Waals surface area contributed by atoms with Crippen LogP contribution in [0.4, 0.5) is 5.13 Å². The van der Waals surface area contributed by atoms with E-state index in [1.807, 2.05) is 6.92 Å². The summed E-state index contributed by atoms with van der Waals surface area (Å²) < 4.78 is 0.736. The average Bonchev–Trinajstić information content (AvgIpc) is 2.85. The summed E-state index contributed by atoms with van der Waals surface area (Å²) in [6.45, 7) is 2.59. The monoisotopic (exact) mass is 312 g/mol. The molecule has 0 spiro atoms. The molecule has 7 heteroatoms. The molecule has 2 rings (SSSR count). The second kappa shape index (κ2) is 7.64. The first-order valence-corrected chi connectivity index (χ1v) is 8.56. The third-order valence-corrected chi connectivity index (χ3v) is 5.14. The quantitative estimate of drug-likeness (QED) is 0.623. The first kappa shape index (κ1) is 15.3. The fourth-order valence-electron chi connectivity index (χ4n) is 2.09. The smallest absolute Gasteiger partial charge is 0.233 e. The van der Waals surface area contributed by atoms with Gasteiger partial charge in [-0.15, -0.1) is 10.2 Å². The number of nitrogens with two attached hydrogens (primary N) is 1. The van der Waals surface area contributed by atoms with Crippen LogP contribution in [0.25, 0.3) is 0 Å². The van der Waals surface area contributed by atoms with Crippen LogP contribution in [-0.2, 0) is 4.79 Å². The van der Waals surface area contributed by atoms with E-state index in [9.17, 15) is 4.79 Å². The van der Waals surface area contributed by atoms with Gasteiger partial charge < -0.3 is 11.1 Å². The second-order valence-electron chi connectivity index (χ2n) is 4.82. The highest BCUT2D eigenvalue weighted by Crippen LogP contribution is 2.27. The predicted octanol–water partition coefficient (Wildman–Crippen LogP) is 2.61. The molecule has 0 saturated heterocycles. The fourth-order valence-corrected chi connectivity index (χ4v) is 3.90. The maximum atomic E-state index is 12.0. The van der Waals surface area contributed by atoms with Gasteiger partial charge >= 0.3 is 0 Å². The van der Waals surface area contributed by atoms with Crippen molar-refractivity contribution in [3.8, 4) is 0 Å². The van der Waals surface area contributed by atoms with Crippen LogP contribution in [0.2, 0.25) is 0 Å². The Bertz CT molecular complexity index is 486. The van der Waals surface area contributed by atoms with E-state index in [1.165, 1.54) is 54.4 Å². The zero-order valence-corrected chi connectivity index (χ0v) is 13.2. The number of hydrogen-bond acceptors (Lipinski definition) is 6. The van der Waals surface area contributed by atoms with Crippen LogP contribution in [-0.4, -0.2) is 27.9 Å². The molecule has 0 fully saturated rings. The molecule has 20 heavy (non-hydrogen) atoms. The number of anilines is 1. The van der Waals surface area contributed by atoms with Gasteiger partial charge in [0.1, 0.15) is 0 Å². The molecule has 0 aliphatic heterocycles. The van der Waals surface area contributed by atoms with Crippen LogP contribution in [0.5, 0.6) is 0 Å². The molecule has 3 N–H and O–H groups in total. The summed E-state index contributed by atoms with van der Waals surface area (Å²) >= 11 is 2.71. The molecule has 1 aliphatic carbocycles. The molecule has 1 heterocycles. The predicted molar refractivity (Wildman–Crippen MR) is 83.8 cm³/mol. The Morgan fingerprint density at radius 3 is 3.05 bits per heavy atom. The zero-order chi connectivity index (χ0) is 14.4. The number of carbonyl (C=O) groups excluding carboxylic acids is 1. The number of nitrogens with one attached hydrogen (secondary N) is 1. The standard InChI is InChI=1S/C13H20N4OS2/c1-9(19-13-17-16-12(14)20-13)11(18)15-8-7-10-5-3-2-4-6-10/h5,9H,2-4,6-8H2,1H3,(H2,14,16)(H,15,18)/t9-/m0/s1. The molecule has 1 aliphatic rings. The van der Waals surface area contributed by atoms with Crippen molar-refractivity contribution in [3.05, 3.63) is 11.6 Å². The van der Waals surface area contributed by atoms with Crippen molar-refractivity contribution in [1.82, 2.24) is 15.5 Å². The van der Waals surface area contributed by atoms with Crippen molar-refractivity contribution >= 4 is 34.1 Å². The van der Waals surface area contributed by atoms with Crippen molar-refractivity contribution in [1.29, 1.82) is 0 Å². The minimum atomic E-state index is -0.178. The fraction of sp³-hybridized carbons (Fsp3) is 0.615. The van der Waals surface area contributed by atoms with E-state index in [1.54, 1.807) is 0 Å². The number of rotatable bonds is 6. The van der Waals surface area contributed by atoms with Crippen molar-refractivity contribution in [2.75, 3.05) is 12.3 Å². The number of hydrogen-bond donors (Lipinski definition) is 2. The molecular formula is C13H20N4OS2. The first-order valence-electron chi connectivity index (χ1n) is 6.86. The lowest BCUT2D eigenvalue weighted by Gasteiger charge is -2.14. The van der Waals surface area contributed by atoms with Gasteiger partial charge in [0.15, 0.2) is 4.34 Å². The number of aromatic nitrogens is 2. The van der Waals surface area contributed by atoms with E-state index in [2.05, 4.69) is 21.6 Å². The molecule has 0 unspecified atom stereocenters. The highest BCUT2D eigenvalue weighted by molar-refractivity contribution is 8.02. The lowest BCUT2D eigenvalue weighted by Crippen LogP contribution is -2.31. The summed E-state index contributed by atoms with van der Waals surface area (Å²) in [5.74, 6) is 0.0418. The van der Waals surface area contributed by atoms with Gasteiger partial charge in [0.25, 0.3) is 0 Å². The number of nitrogen functional groups attached to an aromatic ring is 1. The molecule has 5 nitrogen and oxygen atoms in total. The van der Waals surface area contributed by atoms with Gasteiger partial charge in [0.05, 0.1) is 5.25 Å². The summed E-state index contributed by atoms with van der Waals surface area (Å²) in [7, 11) is 0. The molecule has 1 atom stereocenters. The zero-order valence-electron chi connectivity index (χ0n) is 11.6. The number of allylic oxidation sites excluding steroid dienone is 1. The molecule has 0 aromatic carbocycles. The van der Waals surface area contributed by atoms with Crippen LogP contribution < -0.4 is 11.1 Å². The summed E-state index contributed by atoms with van der Waals surface area (Å²) in [4.78, 5) is 12.0. The third kappa shape index (κ3) is 4.79. The van der Waals surface area contributed by atoms with Crippen LogP contribution in [0.3, 0.4) is 0 Å². The molecular weight excluding hydrogens is 292 g/mol. The van der Waals surface area contributed by atoms with Gasteiger partial charge in [0, 0.05) is 6.54 Å². The summed E-state index contributed by atoms with van der Waals surface area (Å²) in [5.41, 5.74) is 7.00. The van der Waals surface area contributed by atoms with Crippen LogP contribution >= 0.6 is 23.1 Å². The Labute approximate surface area is 127 Å².